The van der Waals surface area contributed by atoms with E-state index in [0.717, 1.165) is 16.8 Å². The van der Waals surface area contributed by atoms with Crippen LogP contribution in [-0.4, -0.2) is 14.6 Å². The third-order valence-electron chi connectivity index (χ3n) is 3.30. The molecule has 0 fully saturated rings. The van der Waals surface area contributed by atoms with Gasteiger partial charge in [0.15, 0.2) is 0 Å². The molecule has 100 valence electrons. The molecule has 0 N–H and O–H groups in total. The molecule has 20 heavy (non-hydrogen) atoms. The first-order valence-electron chi connectivity index (χ1n) is 6.81. The highest BCUT2D eigenvalue weighted by atomic mass is 15.2. The highest BCUT2D eigenvalue weighted by Crippen LogP contribution is 2.24. The van der Waals surface area contributed by atoms with E-state index in [9.17, 15) is 0 Å². The summed E-state index contributed by atoms with van der Waals surface area (Å²) in [7, 11) is 0. The SMILES string of the molecule is CC(C)c1nn2ccccc2c1/C=C/c1ccncc1. The Morgan fingerprint density at radius 1 is 1.05 bits per heavy atom. The molecular weight excluding hydrogens is 246 g/mol. The number of hydrogen-bond donors (Lipinski definition) is 0. The molecule has 0 saturated carbocycles. The Morgan fingerprint density at radius 2 is 1.85 bits per heavy atom. The van der Waals surface area contributed by atoms with Gasteiger partial charge in [0.05, 0.1) is 11.2 Å². The standard InChI is InChI=1S/C17H17N3/c1-13(2)17-15(7-6-14-8-10-18-11-9-14)16-5-3-4-12-20(16)19-17/h3-13H,1-2H3/b7-6+. The smallest absolute Gasteiger partial charge is 0.0737 e. The van der Waals surface area contributed by atoms with E-state index < -0.39 is 0 Å². The van der Waals surface area contributed by atoms with Crippen molar-refractivity contribution < 1.29 is 0 Å². The van der Waals surface area contributed by atoms with Crippen LogP contribution in [0.15, 0.2) is 48.9 Å². The molecule has 0 aliphatic rings. The van der Waals surface area contributed by atoms with Crippen molar-refractivity contribution in [2.24, 2.45) is 0 Å². The lowest BCUT2D eigenvalue weighted by Crippen LogP contribution is -1.91. The summed E-state index contributed by atoms with van der Waals surface area (Å²) in [4.78, 5) is 4.04. The zero-order valence-electron chi connectivity index (χ0n) is 11.7. The maximum atomic E-state index is 4.68. The number of rotatable bonds is 3. The van der Waals surface area contributed by atoms with E-state index in [1.165, 1.54) is 5.56 Å². The van der Waals surface area contributed by atoms with Crippen molar-refractivity contribution in [3.05, 3.63) is 65.7 Å². The van der Waals surface area contributed by atoms with Gasteiger partial charge < -0.3 is 0 Å². The zero-order chi connectivity index (χ0) is 13.9. The van der Waals surface area contributed by atoms with Crippen molar-refractivity contribution in [1.29, 1.82) is 0 Å². The maximum absolute atomic E-state index is 4.68. The first kappa shape index (κ1) is 12.6. The number of pyridine rings is 2. The van der Waals surface area contributed by atoms with Crippen LogP contribution >= 0.6 is 0 Å². The molecular formula is C17H17N3. The Kier molecular flexibility index (Phi) is 3.33. The van der Waals surface area contributed by atoms with Crippen LogP contribution in [0.5, 0.6) is 0 Å². The maximum Gasteiger partial charge on any atom is 0.0737 e. The van der Waals surface area contributed by atoms with Gasteiger partial charge in [-0.05, 0) is 35.7 Å². The first-order chi connectivity index (χ1) is 9.75. The lowest BCUT2D eigenvalue weighted by Gasteiger charge is -2.01. The molecule has 0 aliphatic heterocycles. The average molecular weight is 263 g/mol. The van der Waals surface area contributed by atoms with Crippen molar-refractivity contribution in [2.75, 3.05) is 0 Å². The van der Waals surface area contributed by atoms with Crippen LogP contribution in [0.1, 0.15) is 36.6 Å². The Balaban J connectivity index is 2.10. The van der Waals surface area contributed by atoms with E-state index in [1.54, 1.807) is 12.4 Å². The fraction of sp³-hybridized carbons (Fsp3) is 0.176. The normalized spacial score (nSPS) is 11.8. The molecule has 0 aromatic carbocycles. The van der Waals surface area contributed by atoms with Gasteiger partial charge in [-0.2, -0.15) is 5.10 Å². The lowest BCUT2D eigenvalue weighted by molar-refractivity contribution is 0.787. The summed E-state index contributed by atoms with van der Waals surface area (Å²) in [6, 6.07) is 10.1. The van der Waals surface area contributed by atoms with Gasteiger partial charge in [0, 0.05) is 24.2 Å². The van der Waals surface area contributed by atoms with Crippen LogP contribution in [0.4, 0.5) is 0 Å². The van der Waals surface area contributed by atoms with Crippen molar-refractivity contribution in [3.8, 4) is 0 Å². The number of aromatic nitrogens is 3. The Bertz CT molecular complexity index is 739. The van der Waals surface area contributed by atoms with Crippen LogP contribution in [0.2, 0.25) is 0 Å². The lowest BCUT2D eigenvalue weighted by atomic mass is 10.0. The highest BCUT2D eigenvalue weighted by molar-refractivity contribution is 5.79. The van der Waals surface area contributed by atoms with Crippen LogP contribution in [0.3, 0.4) is 0 Å². The second-order valence-corrected chi connectivity index (χ2v) is 5.10. The first-order valence-corrected chi connectivity index (χ1v) is 6.81. The highest BCUT2D eigenvalue weighted by Gasteiger charge is 2.12. The summed E-state index contributed by atoms with van der Waals surface area (Å²) in [6.45, 7) is 4.34. The molecule has 0 unspecified atom stereocenters. The summed E-state index contributed by atoms with van der Waals surface area (Å²) < 4.78 is 1.95. The average Bonchev–Trinajstić information content (AvgIpc) is 2.85. The molecule has 3 nitrogen and oxygen atoms in total. The fourth-order valence-corrected chi connectivity index (χ4v) is 2.29. The van der Waals surface area contributed by atoms with E-state index in [-0.39, 0.29) is 0 Å². The van der Waals surface area contributed by atoms with Gasteiger partial charge in [-0.1, -0.05) is 32.1 Å². The predicted molar refractivity (Wildman–Crippen MR) is 82.4 cm³/mol. The second kappa shape index (κ2) is 5.29. The van der Waals surface area contributed by atoms with Crippen LogP contribution in [-0.2, 0) is 0 Å². The molecule has 3 aromatic heterocycles. The van der Waals surface area contributed by atoms with E-state index in [4.69, 9.17) is 0 Å². The van der Waals surface area contributed by atoms with Gasteiger partial charge in [-0.15, -0.1) is 0 Å². The molecule has 0 radical (unpaired) electrons. The van der Waals surface area contributed by atoms with Crippen LogP contribution in [0, 0.1) is 0 Å². The Labute approximate surface area is 118 Å². The Hall–Kier alpha value is -2.42. The second-order valence-electron chi connectivity index (χ2n) is 5.10. The van der Waals surface area contributed by atoms with Crippen molar-refractivity contribution in [2.45, 2.75) is 19.8 Å². The largest absolute Gasteiger partial charge is 0.265 e. The molecule has 0 amide bonds. The van der Waals surface area contributed by atoms with E-state index >= 15 is 0 Å². The van der Waals surface area contributed by atoms with E-state index in [0.29, 0.717) is 5.92 Å². The van der Waals surface area contributed by atoms with Gasteiger partial charge in [0.25, 0.3) is 0 Å². The summed E-state index contributed by atoms with van der Waals surface area (Å²) >= 11 is 0. The minimum Gasteiger partial charge on any atom is -0.265 e. The molecule has 0 saturated heterocycles. The minimum absolute atomic E-state index is 0.395. The van der Waals surface area contributed by atoms with Crippen molar-refractivity contribution >= 4 is 17.7 Å². The van der Waals surface area contributed by atoms with E-state index in [2.05, 4.69) is 42.1 Å². The summed E-state index contributed by atoms with van der Waals surface area (Å²) in [5, 5.41) is 4.68. The van der Waals surface area contributed by atoms with Crippen molar-refractivity contribution in [3.63, 3.8) is 0 Å². The Morgan fingerprint density at radius 3 is 2.60 bits per heavy atom. The van der Waals surface area contributed by atoms with Gasteiger partial charge in [0.1, 0.15) is 0 Å². The predicted octanol–water partition coefficient (Wildman–Crippen LogP) is 4.02. The number of fused-ring (bicyclic) bond motifs is 1. The molecule has 0 spiro atoms. The summed E-state index contributed by atoms with van der Waals surface area (Å²) in [5.74, 6) is 0.395. The topological polar surface area (TPSA) is 30.2 Å². The molecule has 0 atom stereocenters. The minimum atomic E-state index is 0.395. The fourth-order valence-electron chi connectivity index (χ4n) is 2.29. The third-order valence-corrected chi connectivity index (χ3v) is 3.30. The zero-order valence-corrected chi connectivity index (χ0v) is 11.7. The quantitative estimate of drug-likeness (QED) is 0.714. The molecule has 3 heterocycles. The van der Waals surface area contributed by atoms with Crippen LogP contribution < -0.4 is 0 Å². The number of hydrogen-bond acceptors (Lipinski definition) is 2. The molecule has 3 aromatic rings. The number of nitrogens with zero attached hydrogens (tertiary/aromatic N) is 3. The molecule has 3 heteroatoms. The van der Waals surface area contributed by atoms with Gasteiger partial charge >= 0.3 is 0 Å². The third kappa shape index (κ3) is 2.35. The molecule has 0 bridgehead atoms. The monoisotopic (exact) mass is 263 g/mol. The molecule has 0 aliphatic carbocycles. The summed E-state index contributed by atoms with van der Waals surface area (Å²) in [5.41, 5.74) is 4.60. The van der Waals surface area contributed by atoms with Crippen LogP contribution in [0.25, 0.3) is 17.7 Å². The summed E-state index contributed by atoms with van der Waals surface area (Å²) in [6.07, 6.45) is 9.85. The van der Waals surface area contributed by atoms with Gasteiger partial charge in [-0.3, -0.25) is 4.98 Å². The molecule has 3 rings (SSSR count). The van der Waals surface area contributed by atoms with Gasteiger partial charge in [-0.25, -0.2) is 4.52 Å². The van der Waals surface area contributed by atoms with E-state index in [1.807, 2.05) is 35.0 Å². The van der Waals surface area contributed by atoms with Gasteiger partial charge in [0.2, 0.25) is 0 Å². The van der Waals surface area contributed by atoms with Crippen molar-refractivity contribution in [1.82, 2.24) is 14.6 Å².